The van der Waals surface area contributed by atoms with Gasteiger partial charge in [-0.3, -0.25) is 19.2 Å². The first-order valence-electron chi connectivity index (χ1n) is 9.52. The Bertz CT molecular complexity index is 1060. The van der Waals surface area contributed by atoms with Gasteiger partial charge in [-0.25, -0.2) is 0 Å². The van der Waals surface area contributed by atoms with Crippen molar-refractivity contribution in [3.8, 4) is 0 Å². The van der Waals surface area contributed by atoms with E-state index < -0.39 is 23.5 Å². The molecule has 158 valence electrons. The number of aromatic amines is 1. The number of amides is 1. The van der Waals surface area contributed by atoms with Gasteiger partial charge in [0.1, 0.15) is 5.56 Å². The van der Waals surface area contributed by atoms with E-state index in [-0.39, 0.29) is 23.2 Å². The highest BCUT2D eigenvalue weighted by atomic mass is 35.5. The molecule has 1 unspecified atom stereocenters. The number of methoxy groups -OCH3 is 1. The summed E-state index contributed by atoms with van der Waals surface area (Å²) in [7, 11) is 1.25. The molecule has 1 heterocycles. The zero-order chi connectivity index (χ0) is 22.1. The molecule has 2 aromatic rings. The van der Waals surface area contributed by atoms with Crippen molar-refractivity contribution in [3.63, 3.8) is 0 Å². The molecule has 1 aromatic carbocycles. The quantitative estimate of drug-likeness (QED) is 0.708. The van der Waals surface area contributed by atoms with Crippen LogP contribution >= 0.6 is 11.6 Å². The predicted octanol–water partition coefficient (Wildman–Crippen LogP) is 3.22. The van der Waals surface area contributed by atoms with Crippen LogP contribution in [0.3, 0.4) is 0 Å². The lowest BCUT2D eigenvalue weighted by Gasteiger charge is -2.29. The van der Waals surface area contributed by atoms with E-state index in [0.717, 1.165) is 0 Å². The van der Waals surface area contributed by atoms with Crippen molar-refractivity contribution in [1.29, 1.82) is 0 Å². The number of aromatic nitrogens is 1. The molecule has 0 fully saturated rings. The number of ether oxygens (including phenoxy) is 1. The molecular formula is C22H23ClN2O5. The number of carbonyl (C=O) groups is 3. The van der Waals surface area contributed by atoms with Crippen molar-refractivity contribution in [1.82, 2.24) is 10.3 Å². The van der Waals surface area contributed by atoms with Crippen LogP contribution in [-0.2, 0) is 16.0 Å². The number of nitrogens with one attached hydrogen (secondary N) is 2. The normalized spacial score (nSPS) is 15.8. The van der Waals surface area contributed by atoms with E-state index in [0.29, 0.717) is 34.7 Å². The number of Topliss-reactive ketones (excluding diaryl/α,β-unsaturated/α-hetero) is 1. The molecule has 0 aliphatic heterocycles. The molecule has 8 heteroatoms. The summed E-state index contributed by atoms with van der Waals surface area (Å²) in [6.45, 7) is 3.91. The number of hydrogen-bond donors (Lipinski definition) is 2. The standard InChI is InChI=1S/C22H23ClN2O5/c1-22(2)10-17-14(18(26)11-22)8-15(21(29)25-17)20(28)24-16(9-19(27)30-3)12-4-6-13(23)7-5-12/h4-8,16H,9-11H2,1-3H3,(H,24,28)(H,25,29). The first kappa shape index (κ1) is 21.8. The molecule has 0 saturated heterocycles. The Morgan fingerprint density at radius 3 is 2.50 bits per heavy atom. The van der Waals surface area contributed by atoms with Gasteiger partial charge in [0.25, 0.3) is 11.5 Å². The summed E-state index contributed by atoms with van der Waals surface area (Å²) in [5.41, 5.74) is 0.522. The van der Waals surface area contributed by atoms with E-state index in [9.17, 15) is 19.2 Å². The van der Waals surface area contributed by atoms with Crippen molar-refractivity contribution in [2.75, 3.05) is 7.11 Å². The monoisotopic (exact) mass is 430 g/mol. The smallest absolute Gasteiger partial charge is 0.307 e. The number of pyridine rings is 1. The Balaban J connectivity index is 1.91. The predicted molar refractivity (Wildman–Crippen MR) is 112 cm³/mol. The fourth-order valence-electron chi connectivity index (χ4n) is 3.63. The topological polar surface area (TPSA) is 105 Å². The maximum absolute atomic E-state index is 12.9. The first-order chi connectivity index (χ1) is 14.1. The molecule has 0 spiro atoms. The second kappa shape index (κ2) is 8.44. The van der Waals surface area contributed by atoms with Gasteiger partial charge in [-0.05, 0) is 35.6 Å². The first-order valence-corrected chi connectivity index (χ1v) is 9.90. The van der Waals surface area contributed by atoms with Crippen molar-refractivity contribution < 1.29 is 19.1 Å². The minimum Gasteiger partial charge on any atom is -0.469 e. The Hall–Kier alpha value is -2.93. The van der Waals surface area contributed by atoms with Gasteiger partial charge < -0.3 is 15.0 Å². The number of benzene rings is 1. The van der Waals surface area contributed by atoms with Gasteiger partial charge in [-0.15, -0.1) is 0 Å². The van der Waals surface area contributed by atoms with Crippen LogP contribution in [0.5, 0.6) is 0 Å². The summed E-state index contributed by atoms with van der Waals surface area (Å²) >= 11 is 5.92. The van der Waals surface area contributed by atoms with Gasteiger partial charge in [-0.2, -0.15) is 0 Å². The van der Waals surface area contributed by atoms with Crippen molar-refractivity contribution in [3.05, 3.63) is 68.1 Å². The minimum atomic E-state index is -0.729. The van der Waals surface area contributed by atoms with Crippen LogP contribution < -0.4 is 10.9 Å². The zero-order valence-corrected chi connectivity index (χ0v) is 17.8. The van der Waals surface area contributed by atoms with Gasteiger partial charge in [0.15, 0.2) is 5.78 Å². The maximum Gasteiger partial charge on any atom is 0.307 e. The van der Waals surface area contributed by atoms with Crippen LogP contribution in [0, 0.1) is 5.41 Å². The molecule has 1 aliphatic carbocycles. The second-order valence-electron chi connectivity index (χ2n) is 8.20. The number of ketones is 1. The fraction of sp³-hybridized carbons (Fsp3) is 0.364. The largest absolute Gasteiger partial charge is 0.469 e. The van der Waals surface area contributed by atoms with E-state index >= 15 is 0 Å². The minimum absolute atomic E-state index is 0.115. The van der Waals surface area contributed by atoms with Crippen LogP contribution in [0.25, 0.3) is 0 Å². The number of fused-ring (bicyclic) bond motifs is 1. The maximum atomic E-state index is 12.9. The number of carbonyl (C=O) groups excluding carboxylic acids is 3. The van der Waals surface area contributed by atoms with Crippen molar-refractivity contribution in [2.45, 2.75) is 39.2 Å². The van der Waals surface area contributed by atoms with Gasteiger partial charge in [-0.1, -0.05) is 37.6 Å². The van der Waals surface area contributed by atoms with E-state index in [4.69, 9.17) is 16.3 Å². The highest BCUT2D eigenvalue weighted by Crippen LogP contribution is 2.33. The molecular weight excluding hydrogens is 408 g/mol. The second-order valence-corrected chi connectivity index (χ2v) is 8.64. The molecule has 0 saturated carbocycles. The lowest BCUT2D eigenvalue weighted by Crippen LogP contribution is -2.36. The van der Waals surface area contributed by atoms with E-state index in [1.165, 1.54) is 13.2 Å². The number of hydrogen-bond acceptors (Lipinski definition) is 5. The molecule has 0 radical (unpaired) electrons. The lowest BCUT2D eigenvalue weighted by molar-refractivity contribution is -0.141. The number of rotatable bonds is 5. The third-order valence-electron chi connectivity index (χ3n) is 5.14. The highest BCUT2D eigenvalue weighted by Gasteiger charge is 2.33. The highest BCUT2D eigenvalue weighted by molar-refractivity contribution is 6.30. The van der Waals surface area contributed by atoms with Crippen LogP contribution in [-0.4, -0.2) is 29.8 Å². The summed E-state index contributed by atoms with van der Waals surface area (Å²) in [6, 6.07) is 7.25. The van der Waals surface area contributed by atoms with Crippen LogP contribution in [0.15, 0.2) is 35.1 Å². The molecule has 7 nitrogen and oxygen atoms in total. The molecule has 2 N–H and O–H groups in total. The molecule has 30 heavy (non-hydrogen) atoms. The Morgan fingerprint density at radius 1 is 1.20 bits per heavy atom. The van der Waals surface area contributed by atoms with Crippen molar-refractivity contribution in [2.24, 2.45) is 5.41 Å². The fourth-order valence-corrected chi connectivity index (χ4v) is 3.76. The molecule has 1 aromatic heterocycles. The van der Waals surface area contributed by atoms with Crippen molar-refractivity contribution >= 4 is 29.3 Å². The Kier molecular flexibility index (Phi) is 6.12. The van der Waals surface area contributed by atoms with Crippen LogP contribution in [0.4, 0.5) is 0 Å². The summed E-state index contributed by atoms with van der Waals surface area (Å²) < 4.78 is 4.72. The van der Waals surface area contributed by atoms with E-state index in [2.05, 4.69) is 10.3 Å². The number of esters is 1. The van der Waals surface area contributed by atoms with Crippen LogP contribution in [0.2, 0.25) is 5.02 Å². The third kappa shape index (κ3) is 4.79. The molecule has 0 bridgehead atoms. The molecule has 3 rings (SSSR count). The SMILES string of the molecule is COC(=O)CC(NC(=O)c1cc2c([nH]c1=O)CC(C)(C)CC2=O)c1ccc(Cl)cc1. The summed E-state index contributed by atoms with van der Waals surface area (Å²) in [5.74, 6) is -1.32. The van der Waals surface area contributed by atoms with Gasteiger partial charge in [0, 0.05) is 22.7 Å². The lowest BCUT2D eigenvalue weighted by atomic mass is 9.75. The van der Waals surface area contributed by atoms with Gasteiger partial charge >= 0.3 is 5.97 Å². The summed E-state index contributed by atoms with van der Waals surface area (Å²) in [5, 5.41) is 3.21. The molecule has 1 amide bonds. The third-order valence-corrected chi connectivity index (χ3v) is 5.39. The van der Waals surface area contributed by atoms with E-state index in [1.807, 2.05) is 13.8 Å². The summed E-state index contributed by atoms with van der Waals surface area (Å²) in [6.07, 6.45) is 0.754. The average Bonchev–Trinajstić information content (AvgIpc) is 2.66. The molecule has 1 aliphatic rings. The summed E-state index contributed by atoms with van der Waals surface area (Å²) in [4.78, 5) is 52.5. The number of halogens is 1. The van der Waals surface area contributed by atoms with E-state index in [1.54, 1.807) is 24.3 Å². The molecule has 1 atom stereocenters. The Labute approximate surface area is 178 Å². The van der Waals surface area contributed by atoms with Crippen LogP contribution in [0.1, 0.15) is 64.7 Å². The number of H-pyrrole nitrogens is 1. The van der Waals surface area contributed by atoms with Gasteiger partial charge in [0.05, 0.1) is 19.6 Å². The Morgan fingerprint density at radius 2 is 1.87 bits per heavy atom. The zero-order valence-electron chi connectivity index (χ0n) is 17.0. The van der Waals surface area contributed by atoms with Gasteiger partial charge in [0.2, 0.25) is 0 Å². The average molecular weight is 431 g/mol.